The minimum Gasteiger partial charge on any atom is -0.475 e. The van der Waals surface area contributed by atoms with Crippen molar-refractivity contribution in [3.63, 3.8) is 0 Å². The summed E-state index contributed by atoms with van der Waals surface area (Å²) in [6.45, 7) is 3.18. The van der Waals surface area contributed by atoms with Gasteiger partial charge in [0.25, 0.3) is 0 Å². The van der Waals surface area contributed by atoms with E-state index in [1.54, 1.807) is 0 Å². The van der Waals surface area contributed by atoms with Gasteiger partial charge in [0.1, 0.15) is 6.10 Å². The van der Waals surface area contributed by atoms with Gasteiger partial charge in [0.2, 0.25) is 0 Å². The van der Waals surface area contributed by atoms with Crippen LogP contribution in [0.3, 0.4) is 0 Å². The molecule has 2 fully saturated rings. The average molecular weight is 553 g/mol. The Bertz CT molecular complexity index is 986. The summed E-state index contributed by atoms with van der Waals surface area (Å²) in [5.41, 5.74) is 2.21. The summed E-state index contributed by atoms with van der Waals surface area (Å²) in [4.78, 5) is 28.9. The summed E-state index contributed by atoms with van der Waals surface area (Å²) in [6.07, 6.45) is -2.03. The van der Waals surface area contributed by atoms with E-state index in [1.165, 1.54) is 12.0 Å². The fourth-order valence-corrected chi connectivity index (χ4v) is 3.73. The van der Waals surface area contributed by atoms with Crippen molar-refractivity contribution < 1.29 is 55.6 Å². The van der Waals surface area contributed by atoms with Crippen LogP contribution in [0.1, 0.15) is 24.1 Å². The molecule has 9 nitrogen and oxygen atoms in total. The second-order valence-electron chi connectivity index (χ2n) is 8.11. The first kappa shape index (κ1) is 30.9. The zero-order valence-corrected chi connectivity index (χ0v) is 19.7. The van der Waals surface area contributed by atoms with Crippen molar-refractivity contribution in [1.29, 1.82) is 0 Å². The summed E-state index contributed by atoms with van der Waals surface area (Å²) >= 11 is 0. The van der Waals surface area contributed by atoms with Crippen LogP contribution < -0.4 is 0 Å². The van der Waals surface area contributed by atoms with E-state index in [0.717, 1.165) is 31.8 Å². The Morgan fingerprint density at radius 3 is 2.21 bits per heavy atom. The van der Waals surface area contributed by atoms with Gasteiger partial charge >= 0.3 is 24.3 Å². The number of nitrogens with zero attached hydrogens (tertiary/aromatic N) is 3. The van der Waals surface area contributed by atoms with Gasteiger partial charge in [-0.05, 0) is 36.6 Å². The highest BCUT2D eigenvalue weighted by atomic mass is 19.4. The number of rotatable bonds is 5. The van der Waals surface area contributed by atoms with Gasteiger partial charge in [-0.2, -0.15) is 26.3 Å². The van der Waals surface area contributed by atoms with Crippen molar-refractivity contribution in [3.8, 4) is 0 Å². The molecule has 0 aliphatic carbocycles. The van der Waals surface area contributed by atoms with Crippen LogP contribution in [0.15, 0.2) is 48.9 Å². The molecule has 0 aromatic carbocycles. The number of aliphatic carboxylic acids is 2. The fraction of sp³-hybridized carbons (Fsp3) is 0.478. The van der Waals surface area contributed by atoms with Crippen LogP contribution in [-0.4, -0.2) is 80.8 Å². The van der Waals surface area contributed by atoms with Gasteiger partial charge in [-0.1, -0.05) is 12.1 Å². The summed E-state index contributed by atoms with van der Waals surface area (Å²) in [6, 6.07) is 10.5. The molecule has 2 N–H and O–H groups in total. The Hall–Kier alpha value is -3.30. The van der Waals surface area contributed by atoms with Crippen LogP contribution in [-0.2, 0) is 32.2 Å². The lowest BCUT2D eigenvalue weighted by Crippen LogP contribution is -2.41. The first-order valence-corrected chi connectivity index (χ1v) is 11.1. The van der Waals surface area contributed by atoms with E-state index >= 15 is 0 Å². The summed E-state index contributed by atoms with van der Waals surface area (Å²) in [5.74, 6) is -5.51. The molecule has 4 heterocycles. The first-order valence-electron chi connectivity index (χ1n) is 11.1. The lowest BCUT2D eigenvalue weighted by atomic mass is 10.0. The van der Waals surface area contributed by atoms with Crippen molar-refractivity contribution >= 4 is 11.9 Å². The lowest BCUT2D eigenvalue weighted by molar-refractivity contribution is -0.193. The van der Waals surface area contributed by atoms with E-state index in [4.69, 9.17) is 29.3 Å². The number of hydrogen-bond acceptors (Lipinski definition) is 7. The molecule has 210 valence electrons. The highest BCUT2D eigenvalue weighted by Crippen LogP contribution is 2.32. The normalized spacial score (nSPS) is 21.3. The van der Waals surface area contributed by atoms with Crippen molar-refractivity contribution in [2.75, 3.05) is 13.2 Å². The maximum absolute atomic E-state index is 10.6. The molecule has 0 radical (unpaired) electrons. The summed E-state index contributed by atoms with van der Waals surface area (Å²) in [7, 11) is 0. The molecule has 0 bridgehead atoms. The third-order valence-electron chi connectivity index (χ3n) is 5.35. The number of fused-ring (bicyclic) bond motifs is 1. The van der Waals surface area contributed by atoms with Crippen molar-refractivity contribution in [2.24, 2.45) is 0 Å². The number of pyridine rings is 2. The van der Waals surface area contributed by atoms with Gasteiger partial charge < -0.3 is 19.7 Å². The molecular weight excluding hydrogens is 528 g/mol. The quantitative estimate of drug-likeness (QED) is 0.534. The topological polar surface area (TPSA) is 122 Å². The molecule has 2 aliphatic rings. The first-order chi connectivity index (χ1) is 17.8. The molecule has 3 atom stereocenters. The number of carboxylic acid groups (broad SMARTS) is 2. The third-order valence-corrected chi connectivity index (χ3v) is 5.35. The molecule has 4 rings (SSSR count). The van der Waals surface area contributed by atoms with Crippen LogP contribution in [0.2, 0.25) is 0 Å². The van der Waals surface area contributed by atoms with Crippen molar-refractivity contribution in [3.05, 3.63) is 60.2 Å². The van der Waals surface area contributed by atoms with Gasteiger partial charge in [0.05, 0.1) is 18.4 Å². The summed E-state index contributed by atoms with van der Waals surface area (Å²) in [5, 5.41) is 14.2. The van der Waals surface area contributed by atoms with Gasteiger partial charge in [-0.15, -0.1) is 0 Å². The van der Waals surface area contributed by atoms with E-state index in [1.807, 2.05) is 42.9 Å². The van der Waals surface area contributed by atoms with Crippen molar-refractivity contribution in [2.45, 2.75) is 56.6 Å². The van der Waals surface area contributed by atoms with Gasteiger partial charge in [-0.3, -0.25) is 14.9 Å². The predicted molar refractivity (Wildman–Crippen MR) is 118 cm³/mol. The van der Waals surface area contributed by atoms with E-state index in [-0.39, 0.29) is 12.2 Å². The molecule has 2 aromatic rings. The number of hydrogen-bond donors (Lipinski definition) is 2. The maximum Gasteiger partial charge on any atom is 0.490 e. The van der Waals surface area contributed by atoms with Crippen LogP contribution in [0, 0.1) is 0 Å². The SMILES string of the molecule is O=C(O)C(F)(F)F.O=C(O)C(F)(F)F.c1ccc(CO[C@@H]2CN(Cc3cccnc3)[C@H]3CCCO[C@@H]23)nc1. The zero-order valence-electron chi connectivity index (χ0n) is 19.7. The zero-order chi connectivity index (χ0) is 28.3. The Morgan fingerprint density at radius 2 is 1.68 bits per heavy atom. The van der Waals surface area contributed by atoms with E-state index < -0.39 is 24.3 Å². The average Bonchev–Trinajstić information content (AvgIpc) is 3.21. The van der Waals surface area contributed by atoms with Crippen LogP contribution in [0.25, 0.3) is 0 Å². The number of carbonyl (C=O) groups is 2. The molecule has 38 heavy (non-hydrogen) atoms. The number of aromatic nitrogens is 2. The van der Waals surface area contributed by atoms with E-state index in [9.17, 15) is 26.3 Å². The minimum atomic E-state index is -5.08. The predicted octanol–water partition coefficient (Wildman–Crippen LogP) is 3.69. The molecule has 2 saturated heterocycles. The molecule has 0 unspecified atom stereocenters. The molecule has 15 heteroatoms. The largest absolute Gasteiger partial charge is 0.490 e. The fourth-order valence-electron chi connectivity index (χ4n) is 3.73. The van der Waals surface area contributed by atoms with E-state index in [2.05, 4.69) is 20.9 Å². The van der Waals surface area contributed by atoms with Crippen LogP contribution in [0.4, 0.5) is 26.3 Å². The molecule has 2 aromatic heterocycles. The molecule has 0 spiro atoms. The molecular formula is C23H25F6N3O6. The number of halogens is 6. The van der Waals surface area contributed by atoms with Gasteiger partial charge in [-0.25, -0.2) is 9.59 Å². The standard InChI is InChI=1S/C19H23N3O2.2C2HF3O2/c1-2-9-21-16(6-1)14-24-18-13-22(12-15-5-3-8-20-11-15)17-7-4-10-23-19(17)18;2*3-2(4,5)1(6)7/h1-3,5-6,8-9,11,17-19H,4,7,10,12-14H2;2*(H,6,7)/t17-,18+,19+;;/m0../s1. The number of alkyl halides is 6. The number of likely N-dealkylation sites (tertiary alicyclic amines) is 1. The molecule has 0 amide bonds. The molecule has 2 aliphatic heterocycles. The Balaban J connectivity index is 0.000000301. The monoisotopic (exact) mass is 553 g/mol. The Morgan fingerprint density at radius 1 is 1.03 bits per heavy atom. The number of carboxylic acids is 2. The summed E-state index contributed by atoms with van der Waals surface area (Å²) < 4.78 is 75.7. The molecule has 0 saturated carbocycles. The highest BCUT2D eigenvalue weighted by Gasteiger charge is 2.44. The van der Waals surface area contributed by atoms with Gasteiger partial charge in [0, 0.05) is 44.3 Å². The smallest absolute Gasteiger partial charge is 0.475 e. The lowest BCUT2D eigenvalue weighted by Gasteiger charge is -2.32. The minimum absolute atomic E-state index is 0.106. The second-order valence-corrected chi connectivity index (χ2v) is 8.11. The van der Waals surface area contributed by atoms with Crippen LogP contribution in [0.5, 0.6) is 0 Å². The number of ether oxygens (including phenoxy) is 2. The maximum atomic E-state index is 10.6. The van der Waals surface area contributed by atoms with E-state index in [0.29, 0.717) is 12.6 Å². The Kier molecular flexibility index (Phi) is 11.4. The highest BCUT2D eigenvalue weighted by molar-refractivity contribution is 5.73. The van der Waals surface area contributed by atoms with Crippen molar-refractivity contribution in [1.82, 2.24) is 14.9 Å². The van der Waals surface area contributed by atoms with Gasteiger partial charge in [0.15, 0.2) is 0 Å². The second kappa shape index (κ2) is 14.0. The Labute approximate surface area is 213 Å². The van der Waals surface area contributed by atoms with Crippen LogP contribution >= 0.6 is 0 Å². The third kappa shape index (κ3) is 10.2.